The first kappa shape index (κ1) is 18.3. The van der Waals surface area contributed by atoms with Gasteiger partial charge in [0, 0.05) is 35.9 Å². The molecule has 3 heterocycles. The highest BCUT2D eigenvalue weighted by Gasteiger charge is 2.22. The Kier molecular flexibility index (Phi) is 5.31. The molecule has 5 nitrogen and oxygen atoms in total. The molecule has 7 heteroatoms. The van der Waals surface area contributed by atoms with Gasteiger partial charge in [-0.05, 0) is 57.0 Å². The van der Waals surface area contributed by atoms with Crippen LogP contribution in [0.15, 0.2) is 40.4 Å². The zero-order chi connectivity index (χ0) is 18.8. The van der Waals surface area contributed by atoms with E-state index in [9.17, 15) is 4.39 Å². The minimum atomic E-state index is -0.262. The zero-order valence-corrected chi connectivity index (χ0v) is 16.4. The molecule has 1 saturated heterocycles. The highest BCUT2D eigenvalue weighted by molar-refractivity contribution is 8.14. The summed E-state index contributed by atoms with van der Waals surface area (Å²) in [6.07, 6.45) is 2.60. The number of thioether (sulfide) groups is 1. The second-order valence-electron chi connectivity index (χ2n) is 6.88. The van der Waals surface area contributed by atoms with E-state index in [4.69, 9.17) is 4.74 Å². The summed E-state index contributed by atoms with van der Waals surface area (Å²) in [5, 5.41) is 5.26. The fourth-order valence-corrected chi connectivity index (χ4v) is 4.28. The van der Waals surface area contributed by atoms with Gasteiger partial charge < -0.3 is 9.30 Å². The van der Waals surface area contributed by atoms with E-state index in [0.29, 0.717) is 11.8 Å². The van der Waals surface area contributed by atoms with Gasteiger partial charge in [0.2, 0.25) is 0 Å². The summed E-state index contributed by atoms with van der Waals surface area (Å²) in [7, 11) is 0. The molecule has 0 spiro atoms. The average molecular weight is 386 g/mol. The molecule has 2 aliphatic rings. The fraction of sp³-hybridized carbons (Fsp3) is 0.400. The number of aromatic nitrogens is 1. The molecule has 1 aromatic heterocycles. The average Bonchev–Trinajstić information content (AvgIpc) is 3.28. The van der Waals surface area contributed by atoms with Gasteiger partial charge in [0.1, 0.15) is 5.82 Å². The quantitative estimate of drug-likeness (QED) is 0.859. The number of hydrazone groups is 1. The summed E-state index contributed by atoms with van der Waals surface area (Å²) in [5.41, 5.74) is 8.39. The number of nitrogens with zero attached hydrogens (tertiary/aromatic N) is 3. The topological polar surface area (TPSA) is 50.9 Å². The number of aryl methyl sites for hydroxylation is 1. The number of amidine groups is 1. The van der Waals surface area contributed by atoms with Crippen molar-refractivity contribution in [2.24, 2.45) is 10.1 Å². The monoisotopic (exact) mass is 386 g/mol. The van der Waals surface area contributed by atoms with Gasteiger partial charge in [-0.25, -0.2) is 9.38 Å². The second-order valence-corrected chi connectivity index (χ2v) is 7.85. The zero-order valence-electron chi connectivity index (χ0n) is 15.5. The third-order valence-corrected chi connectivity index (χ3v) is 5.86. The van der Waals surface area contributed by atoms with E-state index in [0.717, 1.165) is 42.6 Å². The van der Waals surface area contributed by atoms with Crippen molar-refractivity contribution in [3.8, 4) is 0 Å². The van der Waals surface area contributed by atoms with Gasteiger partial charge >= 0.3 is 0 Å². The van der Waals surface area contributed by atoms with Crippen molar-refractivity contribution in [3.63, 3.8) is 0 Å². The molecular formula is C20H23FN4OS. The van der Waals surface area contributed by atoms with E-state index < -0.39 is 0 Å². The van der Waals surface area contributed by atoms with Crippen molar-refractivity contribution in [1.82, 2.24) is 9.99 Å². The van der Waals surface area contributed by atoms with E-state index in [1.807, 2.05) is 0 Å². The molecule has 27 heavy (non-hydrogen) atoms. The maximum absolute atomic E-state index is 13.0. The Balaban J connectivity index is 1.49. The van der Waals surface area contributed by atoms with Crippen LogP contribution >= 0.6 is 11.8 Å². The summed E-state index contributed by atoms with van der Waals surface area (Å²) < 4.78 is 21.1. The molecule has 1 fully saturated rings. The van der Waals surface area contributed by atoms with Gasteiger partial charge in [-0.15, -0.1) is 0 Å². The number of aliphatic imine (C=N–C) groups is 1. The van der Waals surface area contributed by atoms with Crippen molar-refractivity contribution >= 4 is 28.3 Å². The molecule has 0 bridgehead atoms. The van der Waals surface area contributed by atoms with E-state index in [2.05, 4.69) is 40.0 Å². The molecule has 1 aromatic carbocycles. The summed E-state index contributed by atoms with van der Waals surface area (Å²) in [5.74, 6) is 0.485. The van der Waals surface area contributed by atoms with Gasteiger partial charge in [-0.2, -0.15) is 5.10 Å². The highest BCUT2D eigenvalue weighted by atomic mass is 32.2. The third kappa shape index (κ3) is 4.09. The minimum Gasteiger partial charge on any atom is -0.376 e. The van der Waals surface area contributed by atoms with Crippen LogP contribution in [-0.2, 0) is 11.3 Å². The van der Waals surface area contributed by atoms with E-state index in [1.165, 1.54) is 29.1 Å². The lowest BCUT2D eigenvalue weighted by Gasteiger charge is -2.17. The number of nitrogens with one attached hydrogen (secondary N) is 1. The van der Waals surface area contributed by atoms with Crippen molar-refractivity contribution in [2.75, 3.05) is 12.4 Å². The molecule has 1 N–H and O–H groups in total. The molecule has 2 aromatic rings. The largest absolute Gasteiger partial charge is 0.376 e. The van der Waals surface area contributed by atoms with Crippen molar-refractivity contribution < 1.29 is 9.13 Å². The van der Waals surface area contributed by atoms with Crippen molar-refractivity contribution in [3.05, 3.63) is 53.1 Å². The SMILES string of the molecule is Cc1cc(C2=NNC(=Nc3ccc(F)cc3)SC2)c(C)n1C[C@H]1CCCO1. The van der Waals surface area contributed by atoms with Gasteiger partial charge in [-0.3, -0.25) is 5.43 Å². The molecular weight excluding hydrogens is 363 g/mol. The van der Waals surface area contributed by atoms with Crippen LogP contribution in [-0.4, -0.2) is 33.9 Å². The van der Waals surface area contributed by atoms with Crippen LogP contribution in [0.3, 0.4) is 0 Å². The Bertz CT molecular complexity index is 882. The van der Waals surface area contributed by atoms with Crippen LogP contribution < -0.4 is 5.43 Å². The third-order valence-electron chi connectivity index (χ3n) is 4.98. The number of ether oxygens (including phenoxy) is 1. The summed E-state index contributed by atoms with van der Waals surface area (Å²) in [4.78, 5) is 4.47. The molecule has 1 atom stereocenters. The second kappa shape index (κ2) is 7.86. The van der Waals surface area contributed by atoms with Gasteiger partial charge in [0.05, 0.1) is 17.5 Å². The maximum Gasteiger partial charge on any atom is 0.182 e. The highest BCUT2D eigenvalue weighted by Crippen LogP contribution is 2.24. The Hall–Kier alpha value is -2.12. The van der Waals surface area contributed by atoms with Crippen LogP contribution in [0.25, 0.3) is 0 Å². The van der Waals surface area contributed by atoms with Crippen LogP contribution in [0.2, 0.25) is 0 Å². The van der Waals surface area contributed by atoms with Gasteiger partial charge in [-0.1, -0.05) is 11.8 Å². The first-order chi connectivity index (χ1) is 13.1. The van der Waals surface area contributed by atoms with E-state index in [1.54, 1.807) is 23.9 Å². The van der Waals surface area contributed by atoms with Crippen molar-refractivity contribution in [2.45, 2.75) is 39.3 Å². The van der Waals surface area contributed by atoms with Gasteiger partial charge in [0.25, 0.3) is 0 Å². The lowest BCUT2D eigenvalue weighted by Crippen LogP contribution is -2.25. The lowest BCUT2D eigenvalue weighted by atomic mass is 10.1. The smallest absolute Gasteiger partial charge is 0.182 e. The molecule has 0 radical (unpaired) electrons. The first-order valence-electron chi connectivity index (χ1n) is 9.18. The number of hydrogen-bond donors (Lipinski definition) is 1. The van der Waals surface area contributed by atoms with Crippen LogP contribution in [0.4, 0.5) is 10.1 Å². The van der Waals surface area contributed by atoms with Crippen LogP contribution in [0, 0.1) is 19.7 Å². The minimum absolute atomic E-state index is 0.262. The number of halogens is 1. The number of rotatable bonds is 4. The Morgan fingerprint density at radius 1 is 1.33 bits per heavy atom. The molecule has 142 valence electrons. The fourth-order valence-electron chi connectivity index (χ4n) is 3.51. The first-order valence-corrected chi connectivity index (χ1v) is 10.2. The van der Waals surface area contributed by atoms with Crippen molar-refractivity contribution in [1.29, 1.82) is 0 Å². The van der Waals surface area contributed by atoms with E-state index in [-0.39, 0.29) is 5.82 Å². The summed E-state index contributed by atoms with van der Waals surface area (Å²) >= 11 is 1.60. The maximum atomic E-state index is 13.0. The summed E-state index contributed by atoms with van der Waals surface area (Å²) in [6.45, 7) is 6.06. The number of hydrogen-bond acceptors (Lipinski definition) is 4. The van der Waals surface area contributed by atoms with Crippen LogP contribution in [0.1, 0.15) is 29.8 Å². The number of benzene rings is 1. The van der Waals surface area contributed by atoms with Gasteiger partial charge in [0.15, 0.2) is 5.17 Å². The lowest BCUT2D eigenvalue weighted by molar-refractivity contribution is 0.0962. The predicted molar refractivity (Wildman–Crippen MR) is 109 cm³/mol. The molecule has 0 saturated carbocycles. The van der Waals surface area contributed by atoms with E-state index >= 15 is 0 Å². The Morgan fingerprint density at radius 2 is 2.15 bits per heavy atom. The molecule has 0 aliphatic carbocycles. The van der Waals surface area contributed by atoms with Crippen LogP contribution in [0.5, 0.6) is 0 Å². The molecule has 0 amide bonds. The Labute approximate surface area is 162 Å². The summed E-state index contributed by atoms with van der Waals surface area (Å²) in [6, 6.07) is 8.33. The molecule has 4 rings (SSSR count). The predicted octanol–water partition coefficient (Wildman–Crippen LogP) is 4.15. The standard InChI is InChI=1S/C20H23FN4OS/c1-13-10-18(14(2)25(13)11-17-4-3-9-26-17)19-12-27-20(24-23-19)22-16-7-5-15(21)6-8-16/h5-8,10,17H,3-4,9,11-12H2,1-2H3,(H,22,24)/t17-/m1/s1. The molecule has 2 aliphatic heterocycles. The Morgan fingerprint density at radius 3 is 2.81 bits per heavy atom. The molecule has 0 unspecified atom stereocenters. The normalized spacial score (nSPS) is 21.4.